The molecule has 0 aliphatic carbocycles. The van der Waals surface area contributed by atoms with Crippen molar-refractivity contribution in [2.45, 2.75) is 25.6 Å². The van der Waals surface area contributed by atoms with Gasteiger partial charge in [-0.1, -0.05) is 23.7 Å². The van der Waals surface area contributed by atoms with Gasteiger partial charge in [-0.15, -0.1) is 11.3 Å². The lowest BCUT2D eigenvalue weighted by molar-refractivity contribution is -0.129. The first-order chi connectivity index (χ1) is 14.6. The van der Waals surface area contributed by atoms with Crippen LogP contribution in [0.3, 0.4) is 0 Å². The van der Waals surface area contributed by atoms with Crippen LogP contribution in [0.5, 0.6) is 0 Å². The Kier molecular flexibility index (Phi) is 5.02. The molecule has 2 aromatic heterocycles. The van der Waals surface area contributed by atoms with Gasteiger partial charge in [0.15, 0.2) is 0 Å². The van der Waals surface area contributed by atoms with Gasteiger partial charge >= 0.3 is 0 Å². The van der Waals surface area contributed by atoms with E-state index in [1.165, 1.54) is 21.3 Å². The van der Waals surface area contributed by atoms with Gasteiger partial charge in [0, 0.05) is 39.6 Å². The topological polar surface area (TPSA) is 84.1 Å². The van der Waals surface area contributed by atoms with Gasteiger partial charge in [-0.25, -0.2) is 9.97 Å². The van der Waals surface area contributed by atoms with E-state index in [-0.39, 0.29) is 11.9 Å². The molecule has 6 nitrogen and oxygen atoms in total. The number of amides is 1. The number of aromatic nitrogens is 2. The lowest BCUT2D eigenvalue weighted by atomic mass is 10.1. The first-order valence-electron chi connectivity index (χ1n) is 9.76. The maximum Gasteiger partial charge on any atom is 0.240 e. The van der Waals surface area contributed by atoms with Gasteiger partial charge in [0.1, 0.15) is 12.1 Å². The number of nitrogens with zero attached hydrogens (tertiary/aromatic N) is 3. The van der Waals surface area contributed by atoms with Crippen molar-refractivity contribution in [1.29, 1.82) is 0 Å². The predicted octanol–water partition coefficient (Wildman–Crippen LogP) is 3.97. The van der Waals surface area contributed by atoms with Crippen LogP contribution >= 0.6 is 22.9 Å². The van der Waals surface area contributed by atoms with Gasteiger partial charge in [-0.3, -0.25) is 4.79 Å². The molecule has 1 aliphatic rings. The normalized spacial score (nSPS) is 16.8. The lowest BCUT2D eigenvalue weighted by Crippen LogP contribution is -2.37. The van der Waals surface area contributed by atoms with Crippen molar-refractivity contribution in [3.8, 4) is 0 Å². The largest absolute Gasteiger partial charge is 0.383 e. The molecule has 3 N–H and O–H groups in total. The minimum absolute atomic E-state index is 0.140. The summed E-state index contributed by atoms with van der Waals surface area (Å²) >= 11 is 7.79. The number of anilines is 1. The van der Waals surface area contributed by atoms with E-state index in [1.54, 1.807) is 11.3 Å². The van der Waals surface area contributed by atoms with E-state index >= 15 is 0 Å². The quantitative estimate of drug-likeness (QED) is 0.493. The second-order valence-electron chi connectivity index (χ2n) is 7.49. The van der Waals surface area contributed by atoms with Gasteiger partial charge in [0.25, 0.3) is 0 Å². The fourth-order valence-electron chi connectivity index (χ4n) is 3.90. The highest BCUT2D eigenvalue weighted by Gasteiger charge is 2.31. The number of hydrogen-bond donors (Lipinski definition) is 2. The Morgan fingerprint density at radius 1 is 1.20 bits per heavy atom. The first-order valence-corrected chi connectivity index (χ1v) is 11.0. The molecule has 3 heterocycles. The van der Waals surface area contributed by atoms with Crippen molar-refractivity contribution in [3.63, 3.8) is 0 Å². The van der Waals surface area contributed by atoms with Gasteiger partial charge in [0.2, 0.25) is 5.91 Å². The third-order valence-electron chi connectivity index (χ3n) is 5.46. The highest BCUT2D eigenvalue weighted by molar-refractivity contribution is 7.19. The number of benzene rings is 2. The molecule has 1 atom stereocenters. The monoisotopic (exact) mass is 437 g/mol. The summed E-state index contributed by atoms with van der Waals surface area (Å²) in [4.78, 5) is 24.3. The van der Waals surface area contributed by atoms with Crippen molar-refractivity contribution >= 4 is 55.7 Å². The van der Waals surface area contributed by atoms with Crippen molar-refractivity contribution < 1.29 is 4.79 Å². The molecule has 5 rings (SSSR count). The summed E-state index contributed by atoms with van der Waals surface area (Å²) in [6.07, 6.45) is 2.27. The number of carbonyl (C=O) groups is 1. The number of nitrogen functional groups attached to an aromatic ring is 1. The number of halogens is 1. The number of nitrogens with one attached hydrogen (secondary N) is 1. The van der Waals surface area contributed by atoms with Crippen LogP contribution in [0, 0.1) is 0 Å². The van der Waals surface area contributed by atoms with E-state index in [0.717, 1.165) is 34.5 Å². The smallest absolute Gasteiger partial charge is 0.240 e. The Balaban J connectivity index is 1.23. The molecule has 0 saturated carbocycles. The Morgan fingerprint density at radius 2 is 2.10 bits per heavy atom. The number of rotatable bonds is 5. The predicted molar refractivity (Wildman–Crippen MR) is 121 cm³/mol. The third kappa shape index (κ3) is 3.71. The highest BCUT2D eigenvalue weighted by Crippen LogP contribution is 2.28. The zero-order valence-electron chi connectivity index (χ0n) is 16.1. The molecule has 2 aromatic carbocycles. The Bertz CT molecular complexity index is 1260. The molecule has 1 unspecified atom stereocenters. The Morgan fingerprint density at radius 3 is 3.00 bits per heavy atom. The van der Waals surface area contributed by atoms with E-state index in [2.05, 4.69) is 21.4 Å². The number of carbonyl (C=O) groups excluding carboxylic acids is 1. The molecule has 152 valence electrons. The minimum Gasteiger partial charge on any atom is -0.383 e. The zero-order valence-corrected chi connectivity index (χ0v) is 17.7. The molecule has 30 heavy (non-hydrogen) atoms. The summed E-state index contributed by atoms with van der Waals surface area (Å²) in [5.74, 6) is 0.609. The van der Waals surface area contributed by atoms with Crippen LogP contribution in [0.1, 0.15) is 16.9 Å². The van der Waals surface area contributed by atoms with E-state index in [9.17, 15) is 4.79 Å². The molecule has 0 bridgehead atoms. The molecule has 4 aromatic rings. The summed E-state index contributed by atoms with van der Waals surface area (Å²) in [6, 6.07) is 13.8. The molecule has 1 amide bonds. The molecular formula is C22H20ClN5OS. The van der Waals surface area contributed by atoms with Crippen LogP contribution in [0.25, 0.3) is 21.0 Å². The Hall–Kier alpha value is -2.74. The molecule has 8 heteroatoms. The van der Waals surface area contributed by atoms with Crippen LogP contribution in [0.15, 0.2) is 48.8 Å². The summed E-state index contributed by atoms with van der Waals surface area (Å²) in [6.45, 7) is 1.98. The molecule has 0 spiro atoms. The number of nitrogens with two attached hydrogens (primary N) is 1. The van der Waals surface area contributed by atoms with Crippen LogP contribution in [0.2, 0.25) is 5.02 Å². The second-order valence-corrected chi connectivity index (χ2v) is 9.09. The summed E-state index contributed by atoms with van der Waals surface area (Å²) in [5, 5.41) is 6.18. The SMILES string of the molecule is Nc1ncnc2cc(CN3CCC(NCc4cc5ccc(Cl)cc5s4)C3=O)ccc12. The molecule has 1 fully saturated rings. The van der Waals surface area contributed by atoms with Gasteiger partial charge in [-0.05, 0) is 47.7 Å². The van der Waals surface area contributed by atoms with E-state index in [4.69, 9.17) is 17.3 Å². The summed E-state index contributed by atoms with van der Waals surface area (Å²) in [7, 11) is 0. The van der Waals surface area contributed by atoms with Crippen molar-refractivity contribution in [2.24, 2.45) is 0 Å². The third-order valence-corrected chi connectivity index (χ3v) is 6.79. The number of hydrogen-bond acceptors (Lipinski definition) is 6. The molecular weight excluding hydrogens is 418 g/mol. The van der Waals surface area contributed by atoms with Gasteiger partial charge < -0.3 is 16.0 Å². The number of fused-ring (bicyclic) bond motifs is 2. The average Bonchev–Trinajstić information content (AvgIpc) is 3.29. The average molecular weight is 438 g/mol. The highest BCUT2D eigenvalue weighted by atomic mass is 35.5. The molecule has 1 aliphatic heterocycles. The fourth-order valence-corrected chi connectivity index (χ4v) is 5.19. The number of thiophene rings is 1. The fraction of sp³-hybridized carbons (Fsp3) is 0.227. The van der Waals surface area contributed by atoms with Crippen LogP contribution in [-0.4, -0.2) is 33.4 Å². The number of likely N-dealkylation sites (tertiary alicyclic amines) is 1. The van der Waals surface area contributed by atoms with Gasteiger partial charge in [0.05, 0.1) is 11.6 Å². The van der Waals surface area contributed by atoms with Crippen molar-refractivity contribution in [1.82, 2.24) is 20.2 Å². The molecule has 0 radical (unpaired) electrons. The van der Waals surface area contributed by atoms with Crippen LogP contribution < -0.4 is 11.1 Å². The van der Waals surface area contributed by atoms with Crippen LogP contribution in [-0.2, 0) is 17.9 Å². The van der Waals surface area contributed by atoms with E-state index < -0.39 is 0 Å². The maximum atomic E-state index is 12.9. The second kappa shape index (κ2) is 7.83. The van der Waals surface area contributed by atoms with Crippen molar-refractivity contribution in [2.75, 3.05) is 12.3 Å². The first kappa shape index (κ1) is 19.2. The Labute approximate surface area is 182 Å². The summed E-state index contributed by atoms with van der Waals surface area (Å²) < 4.78 is 1.17. The molecule has 1 saturated heterocycles. The van der Waals surface area contributed by atoms with Crippen molar-refractivity contribution in [3.05, 3.63) is 64.3 Å². The minimum atomic E-state index is -0.155. The zero-order chi connectivity index (χ0) is 20.7. The standard InChI is InChI=1S/C22H20ClN5OS/c23-15-3-2-14-8-16(30-20(14)9-15)10-25-18-5-6-28(22(18)29)11-13-1-4-17-19(7-13)26-12-27-21(17)24/h1-4,7-9,12,18,25H,5-6,10-11H2,(H2,24,26,27). The van der Waals surface area contributed by atoms with E-state index in [0.29, 0.717) is 18.9 Å². The van der Waals surface area contributed by atoms with Gasteiger partial charge in [-0.2, -0.15) is 0 Å². The van der Waals surface area contributed by atoms with E-state index in [1.807, 2.05) is 41.3 Å². The summed E-state index contributed by atoms with van der Waals surface area (Å²) in [5.41, 5.74) is 7.73. The maximum absolute atomic E-state index is 12.9. The van der Waals surface area contributed by atoms with Crippen LogP contribution in [0.4, 0.5) is 5.82 Å². The lowest BCUT2D eigenvalue weighted by Gasteiger charge is -2.17.